The lowest BCUT2D eigenvalue weighted by Crippen LogP contribution is -2.34. The Morgan fingerprint density at radius 1 is 0.839 bits per heavy atom. The highest BCUT2D eigenvalue weighted by atomic mass is 32.2. The van der Waals surface area contributed by atoms with Gasteiger partial charge in [0.05, 0.1) is 5.75 Å². The third-order valence-corrected chi connectivity index (χ3v) is 5.89. The van der Waals surface area contributed by atoms with E-state index in [-0.39, 0.29) is 5.91 Å². The smallest absolute Gasteiger partial charge is 0.233 e. The second-order valence-electron chi connectivity index (χ2n) is 7.14. The molecule has 1 amide bonds. The number of nitrogens with zero attached hydrogens (tertiary/aromatic N) is 4. The molecule has 5 nitrogen and oxygen atoms in total. The Hall–Kier alpha value is -3.38. The van der Waals surface area contributed by atoms with Gasteiger partial charge in [-0.3, -0.25) is 9.36 Å². The molecule has 0 radical (unpaired) electrons. The number of para-hydroxylation sites is 1. The summed E-state index contributed by atoms with van der Waals surface area (Å²) in [4.78, 5) is 15.1. The van der Waals surface area contributed by atoms with Gasteiger partial charge in [-0.1, -0.05) is 90.6 Å². The fraction of sp³-hybridized carbons (Fsp3) is 0.160. The third-order valence-electron chi connectivity index (χ3n) is 4.96. The molecule has 0 fully saturated rings. The average Bonchev–Trinajstić information content (AvgIpc) is 3.31. The van der Waals surface area contributed by atoms with E-state index in [2.05, 4.69) is 34.5 Å². The van der Waals surface area contributed by atoms with Crippen LogP contribution in [0.25, 0.3) is 5.69 Å². The minimum atomic E-state index is 0.0902. The SMILES string of the molecule is O=C(CSc1nncn1-c1ccccc1)N(CCc1ccccc1)Cc1ccccc1. The Bertz CT molecular complexity index is 1080. The Morgan fingerprint density at radius 3 is 2.13 bits per heavy atom. The summed E-state index contributed by atoms with van der Waals surface area (Å²) >= 11 is 1.42. The molecule has 1 heterocycles. The predicted octanol–water partition coefficient (Wildman–Crippen LogP) is 4.63. The summed E-state index contributed by atoms with van der Waals surface area (Å²) in [5.41, 5.74) is 3.33. The van der Waals surface area contributed by atoms with Crippen molar-refractivity contribution in [1.82, 2.24) is 19.7 Å². The maximum atomic E-state index is 13.2. The number of hydrogen-bond donors (Lipinski definition) is 0. The van der Waals surface area contributed by atoms with E-state index in [0.29, 0.717) is 24.0 Å². The number of rotatable bonds is 9. The zero-order chi connectivity index (χ0) is 21.3. The molecular formula is C25H24N4OS. The van der Waals surface area contributed by atoms with Crippen molar-refractivity contribution in [3.8, 4) is 5.69 Å². The Balaban J connectivity index is 1.44. The van der Waals surface area contributed by atoms with Gasteiger partial charge in [0.15, 0.2) is 5.16 Å². The monoisotopic (exact) mass is 428 g/mol. The standard InChI is InChI=1S/C25H24N4OS/c30-24(19-31-25-27-26-20-29(25)23-14-8-3-9-15-23)28(18-22-12-6-2-7-13-22)17-16-21-10-4-1-5-11-21/h1-15,20H,16-19H2. The Morgan fingerprint density at radius 2 is 1.45 bits per heavy atom. The van der Waals surface area contributed by atoms with Crippen LogP contribution in [0.1, 0.15) is 11.1 Å². The van der Waals surface area contributed by atoms with Crippen molar-refractivity contribution in [2.45, 2.75) is 18.1 Å². The lowest BCUT2D eigenvalue weighted by molar-refractivity contribution is -0.128. The van der Waals surface area contributed by atoms with Gasteiger partial charge in [0, 0.05) is 18.8 Å². The van der Waals surface area contributed by atoms with E-state index in [4.69, 9.17) is 0 Å². The minimum absolute atomic E-state index is 0.0902. The molecule has 0 bridgehead atoms. The van der Waals surface area contributed by atoms with E-state index in [1.807, 2.05) is 76.2 Å². The van der Waals surface area contributed by atoms with Gasteiger partial charge in [0.2, 0.25) is 5.91 Å². The lowest BCUT2D eigenvalue weighted by Gasteiger charge is -2.23. The van der Waals surface area contributed by atoms with Crippen LogP contribution in [0.2, 0.25) is 0 Å². The molecule has 4 rings (SSSR count). The van der Waals surface area contributed by atoms with E-state index >= 15 is 0 Å². The van der Waals surface area contributed by atoms with Gasteiger partial charge in [-0.25, -0.2) is 0 Å². The quantitative estimate of drug-likeness (QED) is 0.365. The van der Waals surface area contributed by atoms with Crippen LogP contribution in [-0.4, -0.2) is 37.9 Å². The lowest BCUT2D eigenvalue weighted by atomic mass is 10.1. The van der Waals surface area contributed by atoms with Crippen LogP contribution in [0, 0.1) is 0 Å². The van der Waals surface area contributed by atoms with Crippen molar-refractivity contribution in [2.24, 2.45) is 0 Å². The molecule has 0 saturated carbocycles. The van der Waals surface area contributed by atoms with Crippen LogP contribution in [0.4, 0.5) is 0 Å². The molecule has 3 aromatic carbocycles. The Kier molecular flexibility index (Phi) is 7.13. The van der Waals surface area contributed by atoms with Crippen molar-refractivity contribution in [3.63, 3.8) is 0 Å². The van der Waals surface area contributed by atoms with Crippen LogP contribution in [0.15, 0.2) is 102 Å². The molecular weight excluding hydrogens is 404 g/mol. The van der Waals surface area contributed by atoms with E-state index in [9.17, 15) is 4.79 Å². The van der Waals surface area contributed by atoms with Gasteiger partial charge in [0.25, 0.3) is 0 Å². The highest BCUT2D eigenvalue weighted by Crippen LogP contribution is 2.20. The topological polar surface area (TPSA) is 51.0 Å². The molecule has 156 valence electrons. The maximum absolute atomic E-state index is 13.2. The zero-order valence-corrected chi connectivity index (χ0v) is 18.0. The van der Waals surface area contributed by atoms with Crippen LogP contribution in [-0.2, 0) is 17.8 Å². The minimum Gasteiger partial charge on any atom is -0.337 e. The van der Waals surface area contributed by atoms with Crippen molar-refractivity contribution < 1.29 is 4.79 Å². The average molecular weight is 429 g/mol. The van der Waals surface area contributed by atoms with Gasteiger partial charge in [-0.05, 0) is 29.7 Å². The summed E-state index contributed by atoms with van der Waals surface area (Å²) in [6.07, 6.45) is 2.50. The second kappa shape index (κ2) is 10.6. The highest BCUT2D eigenvalue weighted by molar-refractivity contribution is 7.99. The summed E-state index contributed by atoms with van der Waals surface area (Å²) in [5, 5.41) is 8.95. The normalized spacial score (nSPS) is 10.7. The molecule has 0 N–H and O–H groups in total. The molecule has 0 atom stereocenters. The zero-order valence-electron chi connectivity index (χ0n) is 17.2. The van der Waals surface area contributed by atoms with Crippen molar-refractivity contribution in [1.29, 1.82) is 0 Å². The summed E-state index contributed by atoms with van der Waals surface area (Å²) in [6, 6.07) is 30.3. The first-order chi connectivity index (χ1) is 15.3. The molecule has 0 spiro atoms. The van der Waals surface area contributed by atoms with Gasteiger partial charge in [-0.2, -0.15) is 0 Å². The number of aromatic nitrogens is 3. The number of hydrogen-bond acceptors (Lipinski definition) is 4. The fourth-order valence-corrected chi connectivity index (χ4v) is 4.14. The summed E-state index contributed by atoms with van der Waals surface area (Å²) in [6.45, 7) is 1.27. The van der Waals surface area contributed by atoms with Crippen molar-refractivity contribution in [3.05, 3.63) is 108 Å². The Labute approximate surface area is 186 Å². The van der Waals surface area contributed by atoms with Gasteiger partial charge in [0.1, 0.15) is 6.33 Å². The molecule has 0 aliphatic rings. The maximum Gasteiger partial charge on any atom is 0.233 e. The molecule has 0 aliphatic carbocycles. The summed E-state index contributed by atoms with van der Waals surface area (Å²) < 4.78 is 1.91. The first kappa shape index (κ1) is 20.9. The van der Waals surface area contributed by atoms with Gasteiger partial charge in [-0.15, -0.1) is 10.2 Å². The number of benzene rings is 3. The number of carbonyl (C=O) groups is 1. The van der Waals surface area contributed by atoms with E-state index in [1.54, 1.807) is 6.33 Å². The number of carbonyl (C=O) groups excluding carboxylic acids is 1. The molecule has 31 heavy (non-hydrogen) atoms. The van der Waals surface area contributed by atoms with Crippen LogP contribution in [0.5, 0.6) is 0 Å². The highest BCUT2D eigenvalue weighted by Gasteiger charge is 2.17. The molecule has 0 saturated heterocycles. The van der Waals surface area contributed by atoms with Crippen LogP contribution in [0.3, 0.4) is 0 Å². The van der Waals surface area contributed by atoms with E-state index in [1.165, 1.54) is 17.3 Å². The van der Waals surface area contributed by atoms with Crippen LogP contribution >= 0.6 is 11.8 Å². The molecule has 4 aromatic rings. The van der Waals surface area contributed by atoms with E-state index in [0.717, 1.165) is 17.7 Å². The first-order valence-corrected chi connectivity index (χ1v) is 11.2. The molecule has 1 aromatic heterocycles. The van der Waals surface area contributed by atoms with E-state index < -0.39 is 0 Å². The summed E-state index contributed by atoms with van der Waals surface area (Å²) in [7, 11) is 0. The van der Waals surface area contributed by atoms with Crippen molar-refractivity contribution in [2.75, 3.05) is 12.3 Å². The fourth-order valence-electron chi connectivity index (χ4n) is 3.31. The predicted molar refractivity (Wildman–Crippen MR) is 124 cm³/mol. The van der Waals surface area contributed by atoms with Crippen molar-refractivity contribution >= 4 is 17.7 Å². The summed E-state index contributed by atoms with van der Waals surface area (Å²) in [5.74, 6) is 0.403. The largest absolute Gasteiger partial charge is 0.337 e. The molecule has 0 aliphatic heterocycles. The van der Waals surface area contributed by atoms with Crippen LogP contribution < -0.4 is 0 Å². The number of thioether (sulfide) groups is 1. The van der Waals surface area contributed by atoms with Gasteiger partial charge >= 0.3 is 0 Å². The third kappa shape index (κ3) is 5.83. The van der Waals surface area contributed by atoms with Gasteiger partial charge < -0.3 is 4.90 Å². The second-order valence-corrected chi connectivity index (χ2v) is 8.09. The molecule has 6 heteroatoms. The number of amides is 1. The molecule has 0 unspecified atom stereocenters. The first-order valence-electron chi connectivity index (χ1n) is 10.2.